The molecular formula is C23H37N3O3. The van der Waals surface area contributed by atoms with E-state index in [1.165, 1.54) is 11.1 Å². The zero-order chi connectivity index (χ0) is 20.5. The molecule has 0 saturated carbocycles. The summed E-state index contributed by atoms with van der Waals surface area (Å²) in [5, 5.41) is 13.4. The number of carbonyl (C=O) groups is 1. The maximum atomic E-state index is 11.9. The van der Waals surface area contributed by atoms with Gasteiger partial charge >= 0.3 is 0 Å². The van der Waals surface area contributed by atoms with Crippen molar-refractivity contribution in [2.75, 3.05) is 52.4 Å². The minimum absolute atomic E-state index is 0.109. The molecule has 162 valence electrons. The van der Waals surface area contributed by atoms with Crippen molar-refractivity contribution in [1.29, 1.82) is 0 Å². The van der Waals surface area contributed by atoms with Gasteiger partial charge in [0.25, 0.3) is 0 Å². The minimum atomic E-state index is -0.479. The molecule has 2 aliphatic rings. The molecule has 1 fully saturated rings. The Labute approximate surface area is 175 Å². The van der Waals surface area contributed by atoms with E-state index in [0.29, 0.717) is 19.7 Å². The second-order valence-electron chi connectivity index (χ2n) is 8.35. The van der Waals surface area contributed by atoms with Gasteiger partial charge in [-0.2, -0.15) is 0 Å². The smallest absolute Gasteiger partial charge is 0.234 e. The third-order valence-corrected chi connectivity index (χ3v) is 5.96. The van der Waals surface area contributed by atoms with Crippen molar-refractivity contribution < 1.29 is 14.6 Å². The molecule has 0 aromatic heterocycles. The summed E-state index contributed by atoms with van der Waals surface area (Å²) in [6.45, 7) is 7.87. The van der Waals surface area contributed by atoms with E-state index in [4.69, 9.17) is 4.74 Å². The van der Waals surface area contributed by atoms with Gasteiger partial charge < -0.3 is 15.2 Å². The Morgan fingerprint density at radius 1 is 1.24 bits per heavy atom. The van der Waals surface area contributed by atoms with Crippen LogP contribution in [0, 0.1) is 0 Å². The number of aliphatic hydroxyl groups excluding tert-OH is 1. The maximum absolute atomic E-state index is 11.9. The summed E-state index contributed by atoms with van der Waals surface area (Å²) in [5.41, 5.74) is 2.67. The summed E-state index contributed by atoms with van der Waals surface area (Å²) < 4.78 is 6.09. The number of β-amino-alcohol motifs (C(OH)–C–C–N with tert-alkyl or cyclic N) is 1. The van der Waals surface area contributed by atoms with Gasteiger partial charge in [-0.05, 0) is 36.8 Å². The quantitative estimate of drug-likeness (QED) is 0.585. The molecule has 0 unspecified atom stereocenters. The molecule has 2 N–H and O–H groups in total. The molecule has 1 amide bonds. The maximum Gasteiger partial charge on any atom is 0.234 e. The zero-order valence-corrected chi connectivity index (χ0v) is 17.8. The summed E-state index contributed by atoms with van der Waals surface area (Å²) in [6, 6.07) is 8.50. The van der Waals surface area contributed by atoms with Crippen molar-refractivity contribution in [2.45, 2.75) is 51.2 Å². The Balaban J connectivity index is 1.33. The number of hydrogen-bond donors (Lipinski definition) is 2. The second-order valence-corrected chi connectivity index (χ2v) is 8.35. The predicted octanol–water partition coefficient (Wildman–Crippen LogP) is 1.98. The molecule has 1 heterocycles. The lowest BCUT2D eigenvalue weighted by Gasteiger charge is -2.35. The number of piperazine rings is 1. The van der Waals surface area contributed by atoms with Crippen LogP contribution in [0.15, 0.2) is 24.3 Å². The number of hydrogen-bond acceptors (Lipinski definition) is 5. The van der Waals surface area contributed by atoms with Gasteiger partial charge in [0.05, 0.1) is 25.4 Å². The molecule has 1 saturated heterocycles. The first-order chi connectivity index (χ1) is 14.2. The Kier molecular flexibility index (Phi) is 8.92. The fourth-order valence-corrected chi connectivity index (χ4v) is 4.25. The van der Waals surface area contributed by atoms with Gasteiger partial charge in [0, 0.05) is 39.3 Å². The molecule has 0 bridgehead atoms. The van der Waals surface area contributed by atoms with E-state index >= 15 is 0 Å². The van der Waals surface area contributed by atoms with E-state index in [9.17, 15) is 9.90 Å². The van der Waals surface area contributed by atoms with Gasteiger partial charge in [-0.3, -0.25) is 14.6 Å². The fraction of sp³-hybridized carbons (Fsp3) is 0.696. The van der Waals surface area contributed by atoms with Crippen LogP contribution >= 0.6 is 0 Å². The Morgan fingerprint density at radius 2 is 2.00 bits per heavy atom. The number of aliphatic hydroxyl groups is 1. The van der Waals surface area contributed by atoms with Gasteiger partial charge in [-0.15, -0.1) is 0 Å². The number of ether oxygens (including phenoxy) is 1. The van der Waals surface area contributed by atoms with Crippen molar-refractivity contribution in [2.24, 2.45) is 0 Å². The number of benzene rings is 1. The van der Waals surface area contributed by atoms with Crippen molar-refractivity contribution in [3.63, 3.8) is 0 Å². The Bertz CT molecular complexity index is 632. The molecule has 29 heavy (non-hydrogen) atoms. The van der Waals surface area contributed by atoms with E-state index in [2.05, 4.69) is 46.3 Å². The number of unbranched alkanes of at least 4 members (excludes halogenated alkanes) is 1. The standard InChI is InChI=1S/C23H37N3O3/c1-2-3-11-24-23(28)17-26-14-12-25(13-15-26)16-20(27)18-29-22-10-6-8-19-7-4-5-9-21(19)22/h4-5,7,9,20,22,27H,2-3,6,8,10-18H2,1H3,(H,24,28)/t20-,22+/m1/s1. The predicted molar refractivity (Wildman–Crippen MR) is 115 cm³/mol. The molecule has 1 aliphatic carbocycles. The van der Waals surface area contributed by atoms with E-state index < -0.39 is 6.10 Å². The van der Waals surface area contributed by atoms with Crippen molar-refractivity contribution >= 4 is 5.91 Å². The summed E-state index contributed by atoms with van der Waals surface area (Å²) in [7, 11) is 0. The molecular weight excluding hydrogens is 366 g/mol. The lowest BCUT2D eigenvalue weighted by atomic mass is 9.89. The van der Waals surface area contributed by atoms with Gasteiger partial charge in [-0.1, -0.05) is 37.6 Å². The number of nitrogens with zero attached hydrogens (tertiary/aromatic N) is 2. The lowest BCUT2D eigenvalue weighted by molar-refractivity contribution is -0.122. The third-order valence-electron chi connectivity index (χ3n) is 5.96. The van der Waals surface area contributed by atoms with E-state index in [1.54, 1.807) is 0 Å². The molecule has 0 spiro atoms. The van der Waals surface area contributed by atoms with E-state index in [1.807, 2.05) is 0 Å². The van der Waals surface area contributed by atoms with Crippen LogP contribution in [0.25, 0.3) is 0 Å². The van der Waals surface area contributed by atoms with Crippen LogP contribution in [0.4, 0.5) is 0 Å². The second kappa shape index (κ2) is 11.6. The molecule has 1 aliphatic heterocycles. The fourth-order valence-electron chi connectivity index (χ4n) is 4.25. The third kappa shape index (κ3) is 7.07. The van der Waals surface area contributed by atoms with Gasteiger partial charge in [0.1, 0.15) is 0 Å². The Morgan fingerprint density at radius 3 is 2.79 bits per heavy atom. The van der Waals surface area contributed by atoms with Crippen LogP contribution in [0.1, 0.15) is 49.8 Å². The highest BCUT2D eigenvalue weighted by Gasteiger charge is 2.23. The first-order valence-electron chi connectivity index (χ1n) is 11.2. The van der Waals surface area contributed by atoms with Crippen molar-refractivity contribution in [3.05, 3.63) is 35.4 Å². The molecule has 2 atom stereocenters. The van der Waals surface area contributed by atoms with E-state index in [0.717, 1.165) is 64.8 Å². The van der Waals surface area contributed by atoms with Crippen LogP contribution in [-0.2, 0) is 16.0 Å². The summed E-state index contributed by atoms with van der Waals surface area (Å²) in [6.07, 6.45) is 5.06. The van der Waals surface area contributed by atoms with Crippen molar-refractivity contribution in [1.82, 2.24) is 15.1 Å². The topological polar surface area (TPSA) is 65.0 Å². The largest absolute Gasteiger partial charge is 0.389 e. The molecule has 1 aromatic carbocycles. The van der Waals surface area contributed by atoms with Crippen LogP contribution in [0.3, 0.4) is 0 Å². The highest BCUT2D eigenvalue weighted by Crippen LogP contribution is 2.32. The van der Waals surface area contributed by atoms with Gasteiger partial charge in [0.15, 0.2) is 0 Å². The average molecular weight is 404 g/mol. The number of fused-ring (bicyclic) bond motifs is 1. The Hall–Kier alpha value is -1.47. The SMILES string of the molecule is CCCCNC(=O)CN1CCN(C[C@@H](O)CO[C@H]2CCCc3ccccc32)CC1. The summed E-state index contributed by atoms with van der Waals surface area (Å²) in [4.78, 5) is 16.4. The molecule has 6 nitrogen and oxygen atoms in total. The number of amides is 1. The molecule has 6 heteroatoms. The summed E-state index contributed by atoms with van der Waals surface area (Å²) >= 11 is 0. The number of aryl methyl sites for hydroxylation is 1. The van der Waals surface area contributed by atoms with Crippen LogP contribution in [0.5, 0.6) is 0 Å². The number of nitrogens with one attached hydrogen (secondary N) is 1. The normalized spacial score (nSPS) is 21.5. The highest BCUT2D eigenvalue weighted by atomic mass is 16.5. The first-order valence-corrected chi connectivity index (χ1v) is 11.2. The molecule has 0 radical (unpaired) electrons. The summed E-state index contributed by atoms with van der Waals surface area (Å²) in [5.74, 6) is 0.119. The van der Waals surface area contributed by atoms with Gasteiger partial charge in [-0.25, -0.2) is 0 Å². The monoisotopic (exact) mass is 403 g/mol. The van der Waals surface area contributed by atoms with Crippen LogP contribution < -0.4 is 5.32 Å². The van der Waals surface area contributed by atoms with Crippen molar-refractivity contribution in [3.8, 4) is 0 Å². The number of carbonyl (C=O) groups excluding carboxylic acids is 1. The number of rotatable bonds is 10. The molecule has 1 aromatic rings. The first kappa shape index (κ1) is 22.2. The lowest BCUT2D eigenvalue weighted by Crippen LogP contribution is -2.51. The van der Waals surface area contributed by atoms with E-state index in [-0.39, 0.29) is 12.0 Å². The molecule has 3 rings (SSSR count). The van der Waals surface area contributed by atoms with Crippen LogP contribution in [0.2, 0.25) is 0 Å². The van der Waals surface area contributed by atoms with Gasteiger partial charge in [0.2, 0.25) is 5.91 Å². The highest BCUT2D eigenvalue weighted by molar-refractivity contribution is 5.77. The van der Waals surface area contributed by atoms with Crippen LogP contribution in [-0.4, -0.2) is 79.3 Å². The minimum Gasteiger partial charge on any atom is -0.389 e. The average Bonchev–Trinajstić information content (AvgIpc) is 2.74. The zero-order valence-electron chi connectivity index (χ0n) is 17.8.